The van der Waals surface area contributed by atoms with Gasteiger partial charge in [-0.05, 0) is 24.0 Å². The first-order chi connectivity index (χ1) is 13.6. The maximum Gasteiger partial charge on any atom is 0.330 e. The van der Waals surface area contributed by atoms with Crippen molar-refractivity contribution >= 4 is 17.4 Å². The van der Waals surface area contributed by atoms with Gasteiger partial charge in [-0.15, -0.1) is 0 Å². The van der Waals surface area contributed by atoms with Gasteiger partial charge in [-0.2, -0.15) is 0 Å². The Morgan fingerprint density at radius 3 is 2.45 bits per heavy atom. The summed E-state index contributed by atoms with van der Waals surface area (Å²) in [5.74, 6) is -1.25. The number of aromatic nitrogens is 2. The van der Waals surface area contributed by atoms with Gasteiger partial charge in [-0.3, -0.25) is 19.1 Å². The summed E-state index contributed by atoms with van der Waals surface area (Å²) in [4.78, 5) is 41.0. The number of amides is 1. The minimum atomic E-state index is -0.757. The van der Waals surface area contributed by atoms with Crippen LogP contribution in [-0.2, 0) is 11.3 Å². The van der Waals surface area contributed by atoms with Crippen molar-refractivity contribution in [1.29, 1.82) is 0 Å². The summed E-state index contributed by atoms with van der Waals surface area (Å²) in [5, 5.41) is 0. The Hall–Kier alpha value is -3.10. The van der Waals surface area contributed by atoms with Crippen molar-refractivity contribution in [3.63, 3.8) is 0 Å². The fraction of sp³-hybridized carbons (Fsp3) is 0.450. The second kappa shape index (κ2) is 9.40. The number of hydrogen-bond donors (Lipinski definition) is 2. The van der Waals surface area contributed by atoms with Crippen molar-refractivity contribution in [2.24, 2.45) is 11.8 Å². The average Bonchev–Trinajstić information content (AvgIpc) is 2.62. The fourth-order valence-electron chi connectivity index (χ4n) is 2.85. The van der Waals surface area contributed by atoms with Crippen molar-refractivity contribution in [2.45, 2.75) is 34.2 Å². The van der Waals surface area contributed by atoms with Crippen molar-refractivity contribution in [1.82, 2.24) is 9.55 Å². The van der Waals surface area contributed by atoms with Gasteiger partial charge < -0.3 is 15.4 Å². The SMILES string of the molecule is CC(C)CN(C(=O)COc1ccccc1F)c1c(N)n(CC(C)C)c(=O)[nH]c1=O. The summed E-state index contributed by atoms with van der Waals surface area (Å²) in [7, 11) is 0. The molecule has 29 heavy (non-hydrogen) atoms. The molecule has 0 saturated heterocycles. The number of ether oxygens (including phenoxy) is 1. The summed E-state index contributed by atoms with van der Waals surface area (Å²) >= 11 is 0. The molecule has 0 bridgehead atoms. The zero-order valence-corrected chi connectivity index (χ0v) is 17.1. The highest BCUT2D eigenvalue weighted by atomic mass is 19.1. The lowest BCUT2D eigenvalue weighted by molar-refractivity contribution is -0.120. The van der Waals surface area contributed by atoms with Crippen LogP contribution in [0.3, 0.4) is 0 Å². The first kappa shape index (κ1) is 22.2. The van der Waals surface area contributed by atoms with Crippen LogP contribution in [0.25, 0.3) is 0 Å². The van der Waals surface area contributed by atoms with E-state index < -0.39 is 29.6 Å². The van der Waals surface area contributed by atoms with Gasteiger partial charge in [-0.1, -0.05) is 39.8 Å². The Balaban J connectivity index is 2.41. The monoisotopic (exact) mass is 406 g/mol. The van der Waals surface area contributed by atoms with Gasteiger partial charge in [0.25, 0.3) is 11.5 Å². The number of nitrogen functional groups attached to an aromatic ring is 1. The lowest BCUT2D eigenvalue weighted by Gasteiger charge is -2.26. The third-order valence-electron chi connectivity index (χ3n) is 4.07. The van der Waals surface area contributed by atoms with E-state index in [2.05, 4.69) is 4.98 Å². The third-order valence-corrected chi connectivity index (χ3v) is 4.07. The Morgan fingerprint density at radius 1 is 1.21 bits per heavy atom. The summed E-state index contributed by atoms with van der Waals surface area (Å²) in [6.07, 6.45) is 0. The molecular weight excluding hydrogens is 379 g/mol. The van der Waals surface area contributed by atoms with Gasteiger partial charge in [0.1, 0.15) is 5.82 Å². The molecule has 2 rings (SSSR count). The van der Waals surface area contributed by atoms with Crippen molar-refractivity contribution in [3.8, 4) is 5.75 Å². The topological polar surface area (TPSA) is 110 Å². The number of halogens is 1. The Bertz CT molecular complexity index is 981. The van der Waals surface area contributed by atoms with Crippen LogP contribution in [0, 0.1) is 17.7 Å². The smallest absolute Gasteiger partial charge is 0.330 e. The number of carbonyl (C=O) groups is 1. The number of hydrogen-bond acceptors (Lipinski definition) is 5. The number of anilines is 2. The van der Waals surface area contributed by atoms with Crippen LogP contribution in [0.15, 0.2) is 33.9 Å². The lowest BCUT2D eigenvalue weighted by Crippen LogP contribution is -2.44. The van der Waals surface area contributed by atoms with E-state index in [1.54, 1.807) is 6.07 Å². The number of carbonyl (C=O) groups excluding carboxylic acids is 1. The summed E-state index contributed by atoms with van der Waals surface area (Å²) < 4.78 is 20.3. The lowest BCUT2D eigenvalue weighted by atomic mass is 10.2. The summed E-state index contributed by atoms with van der Waals surface area (Å²) in [6.45, 7) is 7.50. The molecule has 0 aliphatic rings. The first-order valence-electron chi connectivity index (χ1n) is 9.42. The quantitative estimate of drug-likeness (QED) is 0.697. The molecule has 1 amide bonds. The van der Waals surface area contributed by atoms with Crippen LogP contribution in [0.2, 0.25) is 0 Å². The molecule has 3 N–H and O–H groups in total. The Morgan fingerprint density at radius 2 is 1.86 bits per heavy atom. The zero-order chi connectivity index (χ0) is 21.7. The third kappa shape index (κ3) is 5.46. The molecule has 9 heteroatoms. The van der Waals surface area contributed by atoms with E-state index >= 15 is 0 Å². The molecule has 1 aromatic carbocycles. The summed E-state index contributed by atoms with van der Waals surface area (Å²) in [6, 6.07) is 5.71. The predicted octanol–water partition coefficient (Wildman–Crippen LogP) is 1.98. The molecule has 0 aliphatic carbocycles. The van der Waals surface area contributed by atoms with E-state index in [0.717, 1.165) is 0 Å². The highest BCUT2D eigenvalue weighted by molar-refractivity contribution is 5.96. The van der Waals surface area contributed by atoms with Crippen molar-refractivity contribution in [2.75, 3.05) is 23.8 Å². The number of rotatable bonds is 8. The molecule has 0 unspecified atom stereocenters. The zero-order valence-electron chi connectivity index (χ0n) is 17.1. The van der Waals surface area contributed by atoms with E-state index in [-0.39, 0.29) is 42.2 Å². The number of para-hydroxylation sites is 1. The minimum absolute atomic E-state index is 0.00307. The first-order valence-corrected chi connectivity index (χ1v) is 9.42. The van der Waals surface area contributed by atoms with Crippen molar-refractivity contribution in [3.05, 3.63) is 50.9 Å². The second-order valence-electron chi connectivity index (χ2n) is 7.61. The van der Waals surface area contributed by atoms with Gasteiger partial charge in [0.2, 0.25) is 0 Å². The number of aromatic amines is 1. The molecule has 158 valence electrons. The largest absolute Gasteiger partial charge is 0.481 e. The predicted molar refractivity (Wildman–Crippen MR) is 110 cm³/mol. The Labute approximate surface area is 168 Å². The number of benzene rings is 1. The van der Waals surface area contributed by atoms with E-state index in [1.165, 1.54) is 27.7 Å². The van der Waals surface area contributed by atoms with Gasteiger partial charge in [0.15, 0.2) is 23.9 Å². The van der Waals surface area contributed by atoms with E-state index in [1.807, 2.05) is 27.7 Å². The normalized spacial score (nSPS) is 11.1. The van der Waals surface area contributed by atoms with Crippen molar-refractivity contribution < 1.29 is 13.9 Å². The molecule has 2 aromatic rings. The van der Waals surface area contributed by atoms with Gasteiger partial charge in [0, 0.05) is 13.1 Å². The number of nitrogens with two attached hydrogens (primary N) is 1. The molecule has 0 aliphatic heterocycles. The highest BCUT2D eigenvalue weighted by Crippen LogP contribution is 2.20. The maximum atomic E-state index is 13.8. The molecule has 0 fully saturated rings. The van der Waals surface area contributed by atoms with Gasteiger partial charge in [0.05, 0.1) is 0 Å². The number of nitrogens with one attached hydrogen (secondary N) is 1. The molecule has 8 nitrogen and oxygen atoms in total. The fourth-order valence-corrected chi connectivity index (χ4v) is 2.85. The van der Waals surface area contributed by atoms with Crippen LogP contribution in [0.4, 0.5) is 15.9 Å². The number of H-pyrrole nitrogens is 1. The van der Waals surface area contributed by atoms with E-state index in [9.17, 15) is 18.8 Å². The molecule has 1 aromatic heterocycles. The highest BCUT2D eigenvalue weighted by Gasteiger charge is 2.25. The van der Waals surface area contributed by atoms with E-state index in [0.29, 0.717) is 0 Å². The van der Waals surface area contributed by atoms with Gasteiger partial charge >= 0.3 is 5.69 Å². The standard InChI is InChI=1S/C20H27FN4O4/c1-12(2)9-24(16(26)11-29-15-8-6-5-7-14(15)21)17-18(22)25(10-13(3)4)20(28)23-19(17)27/h5-8,12-13H,9-11,22H2,1-4H3,(H,23,27,28). The number of nitrogens with zero attached hydrogens (tertiary/aromatic N) is 2. The molecule has 0 spiro atoms. The van der Waals surface area contributed by atoms with Crippen LogP contribution < -0.4 is 26.6 Å². The maximum absolute atomic E-state index is 13.8. The average molecular weight is 406 g/mol. The molecule has 0 saturated carbocycles. The molecule has 1 heterocycles. The molecule has 0 atom stereocenters. The van der Waals surface area contributed by atoms with Crippen LogP contribution in [-0.4, -0.2) is 28.6 Å². The van der Waals surface area contributed by atoms with Crippen LogP contribution in [0.1, 0.15) is 27.7 Å². The van der Waals surface area contributed by atoms with Gasteiger partial charge in [-0.25, -0.2) is 9.18 Å². The van der Waals surface area contributed by atoms with E-state index in [4.69, 9.17) is 10.5 Å². The minimum Gasteiger partial charge on any atom is -0.481 e. The molecular formula is C20H27FN4O4. The molecule has 0 radical (unpaired) electrons. The summed E-state index contributed by atoms with van der Waals surface area (Å²) in [5.41, 5.74) is 4.63. The van der Waals surface area contributed by atoms with Crippen LogP contribution in [0.5, 0.6) is 5.75 Å². The van der Waals surface area contributed by atoms with Crippen LogP contribution >= 0.6 is 0 Å². The second-order valence-corrected chi connectivity index (χ2v) is 7.61. The Kier molecular flexibility index (Phi) is 7.19.